The van der Waals surface area contributed by atoms with Crippen molar-refractivity contribution in [2.75, 3.05) is 6.54 Å². The molecule has 0 radical (unpaired) electrons. The molecule has 110 valence electrons. The number of hydrogen-bond donors (Lipinski definition) is 0. The Morgan fingerprint density at radius 2 is 2.19 bits per heavy atom. The molecular formula is C14H15ClN4O2. The van der Waals surface area contributed by atoms with Crippen molar-refractivity contribution >= 4 is 17.5 Å². The van der Waals surface area contributed by atoms with E-state index in [1.54, 1.807) is 17.0 Å². The fourth-order valence-electron chi connectivity index (χ4n) is 2.59. The first-order valence-electron chi connectivity index (χ1n) is 6.94. The van der Waals surface area contributed by atoms with Crippen molar-refractivity contribution in [3.8, 4) is 0 Å². The van der Waals surface area contributed by atoms with Crippen LogP contribution in [0.1, 0.15) is 48.0 Å². The van der Waals surface area contributed by atoms with Crippen molar-refractivity contribution in [3.63, 3.8) is 0 Å². The lowest BCUT2D eigenvalue weighted by Crippen LogP contribution is -2.35. The number of likely N-dealkylation sites (tertiary alicyclic amines) is 1. The fourth-order valence-corrected chi connectivity index (χ4v) is 2.71. The van der Waals surface area contributed by atoms with Crippen molar-refractivity contribution < 1.29 is 9.32 Å². The van der Waals surface area contributed by atoms with E-state index in [1.165, 1.54) is 12.6 Å². The van der Waals surface area contributed by atoms with E-state index >= 15 is 0 Å². The summed E-state index contributed by atoms with van der Waals surface area (Å²) in [5, 5.41) is 4.41. The Balaban J connectivity index is 1.88. The fraction of sp³-hybridized carbons (Fsp3) is 0.429. The number of halogens is 1. The number of nitrogens with zero attached hydrogens (tertiary/aromatic N) is 4. The molecule has 0 bridgehead atoms. The van der Waals surface area contributed by atoms with Gasteiger partial charge in [-0.05, 0) is 25.0 Å². The van der Waals surface area contributed by atoms with E-state index in [4.69, 9.17) is 16.1 Å². The number of aromatic nitrogens is 3. The highest BCUT2D eigenvalue weighted by atomic mass is 35.5. The first-order valence-corrected chi connectivity index (χ1v) is 7.32. The van der Waals surface area contributed by atoms with Crippen LogP contribution < -0.4 is 0 Å². The molecule has 0 aliphatic carbocycles. The second kappa shape index (κ2) is 6.22. The third-order valence-corrected chi connectivity index (χ3v) is 3.86. The Bertz CT molecular complexity index is 600. The van der Waals surface area contributed by atoms with Gasteiger partial charge in [0.25, 0.3) is 5.91 Å². The maximum atomic E-state index is 12.7. The summed E-state index contributed by atoms with van der Waals surface area (Å²) in [6, 6.07) is 3.16. The molecule has 6 nitrogen and oxygen atoms in total. The Kier molecular flexibility index (Phi) is 4.15. The second-order valence-corrected chi connectivity index (χ2v) is 5.45. The molecule has 21 heavy (non-hydrogen) atoms. The van der Waals surface area contributed by atoms with Crippen LogP contribution in [-0.2, 0) is 0 Å². The molecule has 1 aliphatic heterocycles. The summed E-state index contributed by atoms with van der Waals surface area (Å²) < 4.78 is 4.83. The summed E-state index contributed by atoms with van der Waals surface area (Å²) in [6.45, 7) is 0.669. The zero-order valence-corrected chi connectivity index (χ0v) is 12.2. The molecule has 0 spiro atoms. The molecule has 0 unspecified atom stereocenters. The standard InChI is InChI=1S/C14H15ClN4O2/c15-10-5-6-11(16-8-10)14(20)19-7-3-1-2-4-12(19)13-17-9-21-18-13/h5-6,8-9,12H,1-4,7H2/t12-/m0/s1. The molecule has 3 heterocycles. The Morgan fingerprint density at radius 1 is 1.29 bits per heavy atom. The molecule has 1 saturated heterocycles. The lowest BCUT2D eigenvalue weighted by atomic mass is 10.1. The summed E-state index contributed by atoms with van der Waals surface area (Å²) in [7, 11) is 0. The van der Waals surface area contributed by atoms with Gasteiger partial charge in [-0.2, -0.15) is 4.98 Å². The zero-order valence-electron chi connectivity index (χ0n) is 11.4. The van der Waals surface area contributed by atoms with Gasteiger partial charge in [0.2, 0.25) is 6.39 Å². The van der Waals surface area contributed by atoms with E-state index in [-0.39, 0.29) is 11.9 Å². The van der Waals surface area contributed by atoms with Gasteiger partial charge in [0.15, 0.2) is 5.82 Å². The number of hydrogen-bond acceptors (Lipinski definition) is 5. The topological polar surface area (TPSA) is 72.1 Å². The average molecular weight is 307 g/mol. The number of amides is 1. The highest BCUT2D eigenvalue weighted by Gasteiger charge is 2.30. The van der Waals surface area contributed by atoms with Crippen LogP contribution >= 0.6 is 11.6 Å². The van der Waals surface area contributed by atoms with Gasteiger partial charge in [-0.3, -0.25) is 4.79 Å². The first kappa shape index (κ1) is 14.0. The molecule has 1 fully saturated rings. The van der Waals surface area contributed by atoms with Gasteiger partial charge in [-0.25, -0.2) is 4.98 Å². The normalized spacial score (nSPS) is 19.3. The lowest BCUT2D eigenvalue weighted by Gasteiger charge is -2.27. The summed E-state index contributed by atoms with van der Waals surface area (Å²) in [5.74, 6) is 0.433. The van der Waals surface area contributed by atoms with Crippen LogP contribution in [0.2, 0.25) is 5.02 Å². The minimum absolute atomic E-state index is 0.122. The van der Waals surface area contributed by atoms with Crippen molar-refractivity contribution in [1.29, 1.82) is 0 Å². The van der Waals surface area contributed by atoms with E-state index in [1.807, 2.05) is 0 Å². The quantitative estimate of drug-likeness (QED) is 0.853. The van der Waals surface area contributed by atoms with Gasteiger partial charge in [0.1, 0.15) is 5.69 Å². The van der Waals surface area contributed by atoms with Crippen LogP contribution in [-0.4, -0.2) is 32.5 Å². The van der Waals surface area contributed by atoms with Gasteiger partial charge in [0, 0.05) is 12.7 Å². The van der Waals surface area contributed by atoms with Crippen molar-refractivity contribution in [2.45, 2.75) is 31.7 Å². The summed E-state index contributed by atoms with van der Waals surface area (Å²) in [6.07, 6.45) is 6.70. The molecular weight excluding hydrogens is 292 g/mol. The highest BCUT2D eigenvalue weighted by Crippen LogP contribution is 2.29. The molecule has 0 N–H and O–H groups in total. The van der Waals surface area contributed by atoms with Crippen molar-refractivity contribution in [1.82, 2.24) is 20.0 Å². The van der Waals surface area contributed by atoms with Gasteiger partial charge >= 0.3 is 0 Å². The van der Waals surface area contributed by atoms with Gasteiger partial charge in [-0.15, -0.1) is 0 Å². The van der Waals surface area contributed by atoms with Crippen LogP contribution in [0.25, 0.3) is 0 Å². The number of rotatable bonds is 2. The molecule has 1 amide bonds. The molecule has 7 heteroatoms. The van der Waals surface area contributed by atoms with Crippen LogP contribution in [0.3, 0.4) is 0 Å². The molecule has 0 aromatic carbocycles. The van der Waals surface area contributed by atoms with Crippen LogP contribution in [0.4, 0.5) is 0 Å². The highest BCUT2D eigenvalue weighted by molar-refractivity contribution is 6.30. The van der Waals surface area contributed by atoms with Gasteiger partial charge < -0.3 is 9.42 Å². The molecule has 0 saturated carbocycles. The Hall–Kier alpha value is -1.95. The molecule has 2 aromatic heterocycles. The van der Waals surface area contributed by atoms with Crippen LogP contribution in [0.15, 0.2) is 29.2 Å². The van der Waals surface area contributed by atoms with Crippen molar-refractivity contribution in [2.24, 2.45) is 0 Å². The summed E-state index contributed by atoms with van der Waals surface area (Å²) in [4.78, 5) is 22.7. The van der Waals surface area contributed by atoms with E-state index in [0.717, 1.165) is 25.7 Å². The monoisotopic (exact) mass is 306 g/mol. The van der Waals surface area contributed by atoms with Crippen LogP contribution in [0.5, 0.6) is 0 Å². The van der Waals surface area contributed by atoms with Crippen molar-refractivity contribution in [3.05, 3.63) is 41.3 Å². The first-order chi connectivity index (χ1) is 10.3. The van der Waals surface area contributed by atoms with Crippen LogP contribution in [0, 0.1) is 0 Å². The van der Waals surface area contributed by atoms with E-state index in [0.29, 0.717) is 23.1 Å². The molecule has 1 atom stereocenters. The smallest absolute Gasteiger partial charge is 0.273 e. The largest absolute Gasteiger partial charge is 0.343 e. The zero-order chi connectivity index (χ0) is 14.7. The third kappa shape index (κ3) is 3.05. The molecule has 2 aromatic rings. The molecule has 1 aliphatic rings. The van der Waals surface area contributed by atoms with E-state index < -0.39 is 0 Å². The number of carbonyl (C=O) groups excluding carboxylic acids is 1. The van der Waals surface area contributed by atoms with Gasteiger partial charge in [0.05, 0.1) is 11.1 Å². The summed E-state index contributed by atoms with van der Waals surface area (Å²) >= 11 is 5.82. The summed E-state index contributed by atoms with van der Waals surface area (Å²) in [5.41, 5.74) is 0.384. The number of pyridine rings is 1. The maximum absolute atomic E-state index is 12.7. The second-order valence-electron chi connectivity index (χ2n) is 5.01. The van der Waals surface area contributed by atoms with Gasteiger partial charge in [-0.1, -0.05) is 29.6 Å². The average Bonchev–Trinajstić information content (AvgIpc) is 2.92. The predicted octanol–water partition coefficient (Wildman–Crippen LogP) is 2.88. The Labute approximate surface area is 127 Å². The lowest BCUT2D eigenvalue weighted by molar-refractivity contribution is 0.0664. The third-order valence-electron chi connectivity index (χ3n) is 3.64. The van der Waals surface area contributed by atoms with E-state index in [2.05, 4.69) is 15.1 Å². The maximum Gasteiger partial charge on any atom is 0.273 e. The SMILES string of the molecule is O=C(c1ccc(Cl)cn1)N1CCCCC[C@H]1c1ncon1. The minimum Gasteiger partial charge on any atom is -0.343 e. The molecule has 3 rings (SSSR count). The minimum atomic E-state index is -0.156. The van der Waals surface area contributed by atoms with E-state index in [9.17, 15) is 4.79 Å². The number of carbonyl (C=O) groups is 1. The Morgan fingerprint density at radius 3 is 2.90 bits per heavy atom. The predicted molar refractivity (Wildman–Crippen MR) is 75.8 cm³/mol.